The zero-order valence-corrected chi connectivity index (χ0v) is 10.9. The molecule has 0 radical (unpaired) electrons. The van der Waals surface area contributed by atoms with Crippen LogP contribution in [0.25, 0.3) is 0 Å². The quantitative estimate of drug-likeness (QED) is 0.568. The average molecular weight is 242 g/mol. The molecule has 0 aromatic rings. The number of hydrogen-bond acceptors (Lipinski definition) is 4. The highest BCUT2D eigenvalue weighted by Gasteiger charge is 2.41. The molecule has 1 aliphatic carbocycles. The predicted molar refractivity (Wildman–Crippen MR) is 67.5 cm³/mol. The third-order valence-electron chi connectivity index (χ3n) is 4.33. The van der Waals surface area contributed by atoms with Gasteiger partial charge in [-0.15, -0.1) is 0 Å². The molecule has 2 atom stereocenters. The van der Waals surface area contributed by atoms with E-state index in [9.17, 15) is 0 Å². The molecule has 1 aliphatic heterocycles. The monoisotopic (exact) mass is 242 g/mol. The first-order chi connectivity index (χ1) is 8.29. The Morgan fingerprint density at radius 2 is 2.24 bits per heavy atom. The normalized spacial score (nSPS) is 29.6. The van der Waals surface area contributed by atoms with Crippen molar-refractivity contribution in [2.45, 2.75) is 57.1 Å². The Bertz CT molecular complexity index is 229. The first kappa shape index (κ1) is 13.3. The van der Waals surface area contributed by atoms with Crippen molar-refractivity contribution in [1.82, 2.24) is 5.43 Å². The summed E-state index contributed by atoms with van der Waals surface area (Å²) in [5.74, 6) is 6.26. The summed E-state index contributed by atoms with van der Waals surface area (Å²) < 4.78 is 11.6. The van der Waals surface area contributed by atoms with Crippen LogP contribution in [0.5, 0.6) is 0 Å². The molecule has 2 rings (SSSR count). The van der Waals surface area contributed by atoms with Gasteiger partial charge >= 0.3 is 0 Å². The van der Waals surface area contributed by atoms with Crippen LogP contribution in [0.1, 0.15) is 45.4 Å². The molecule has 17 heavy (non-hydrogen) atoms. The van der Waals surface area contributed by atoms with Gasteiger partial charge < -0.3 is 9.47 Å². The van der Waals surface area contributed by atoms with E-state index in [0.29, 0.717) is 12.5 Å². The fourth-order valence-electron chi connectivity index (χ4n) is 3.34. The molecule has 0 amide bonds. The predicted octanol–water partition coefficient (Wildman–Crippen LogP) is 1.59. The van der Waals surface area contributed by atoms with Crippen LogP contribution >= 0.6 is 0 Å². The van der Waals surface area contributed by atoms with Gasteiger partial charge in [0.05, 0.1) is 12.2 Å². The lowest BCUT2D eigenvalue weighted by Crippen LogP contribution is -2.49. The molecule has 0 bridgehead atoms. The lowest BCUT2D eigenvalue weighted by molar-refractivity contribution is -0.102. The lowest BCUT2D eigenvalue weighted by Gasteiger charge is -2.41. The fourth-order valence-corrected chi connectivity index (χ4v) is 3.34. The molecule has 3 N–H and O–H groups in total. The maximum atomic E-state index is 6.05. The average Bonchev–Trinajstić information content (AvgIpc) is 2.78. The Morgan fingerprint density at radius 1 is 1.47 bits per heavy atom. The summed E-state index contributed by atoms with van der Waals surface area (Å²) in [5, 5.41) is 0. The van der Waals surface area contributed by atoms with Crippen LogP contribution in [-0.4, -0.2) is 31.5 Å². The van der Waals surface area contributed by atoms with Gasteiger partial charge in [0.2, 0.25) is 0 Å². The zero-order chi connectivity index (χ0) is 12.1. The third-order valence-corrected chi connectivity index (χ3v) is 4.33. The van der Waals surface area contributed by atoms with Crippen molar-refractivity contribution in [1.29, 1.82) is 0 Å². The van der Waals surface area contributed by atoms with E-state index in [1.165, 1.54) is 25.7 Å². The summed E-state index contributed by atoms with van der Waals surface area (Å²) in [5.41, 5.74) is 3.10. The summed E-state index contributed by atoms with van der Waals surface area (Å²) in [6, 6.07) is 0.274. The highest BCUT2D eigenvalue weighted by Crippen LogP contribution is 2.42. The van der Waals surface area contributed by atoms with Gasteiger partial charge in [0.1, 0.15) is 0 Å². The van der Waals surface area contributed by atoms with E-state index in [4.69, 9.17) is 15.3 Å². The molecular formula is C13H26N2O2. The summed E-state index contributed by atoms with van der Waals surface area (Å²) in [6.07, 6.45) is 7.35. The molecule has 0 aromatic carbocycles. The van der Waals surface area contributed by atoms with Crippen LogP contribution in [0.15, 0.2) is 0 Å². The van der Waals surface area contributed by atoms with Crippen LogP contribution in [0.3, 0.4) is 0 Å². The summed E-state index contributed by atoms with van der Waals surface area (Å²) >= 11 is 0. The zero-order valence-electron chi connectivity index (χ0n) is 10.9. The van der Waals surface area contributed by atoms with E-state index in [1.807, 2.05) is 6.92 Å². The minimum absolute atomic E-state index is 0.171. The van der Waals surface area contributed by atoms with Crippen LogP contribution in [0.2, 0.25) is 0 Å². The molecule has 0 aromatic heterocycles. The van der Waals surface area contributed by atoms with Gasteiger partial charge in [-0.2, -0.15) is 0 Å². The van der Waals surface area contributed by atoms with E-state index in [2.05, 4.69) is 5.43 Å². The number of ether oxygens (including phenoxy) is 2. The SMILES string of the molecule is CCOCC(NN)C1CCOC2(CCCC2)C1. The lowest BCUT2D eigenvalue weighted by atomic mass is 9.81. The largest absolute Gasteiger partial charge is 0.380 e. The van der Waals surface area contributed by atoms with Crippen molar-refractivity contribution in [2.75, 3.05) is 19.8 Å². The summed E-state index contributed by atoms with van der Waals surface area (Å²) in [7, 11) is 0. The standard InChI is InChI=1S/C13H26N2O2/c1-2-16-10-12(15-14)11-5-8-17-13(9-11)6-3-4-7-13/h11-12,15H,2-10,14H2,1H3. The maximum Gasteiger partial charge on any atom is 0.0685 e. The van der Waals surface area contributed by atoms with E-state index in [-0.39, 0.29) is 11.6 Å². The minimum atomic E-state index is 0.171. The Hall–Kier alpha value is -0.160. The van der Waals surface area contributed by atoms with Gasteiger partial charge in [-0.3, -0.25) is 11.3 Å². The Balaban J connectivity index is 1.90. The van der Waals surface area contributed by atoms with Crippen LogP contribution in [-0.2, 0) is 9.47 Å². The van der Waals surface area contributed by atoms with Crippen LogP contribution in [0.4, 0.5) is 0 Å². The molecule has 2 aliphatic rings. The van der Waals surface area contributed by atoms with Crippen molar-refractivity contribution in [3.05, 3.63) is 0 Å². The van der Waals surface area contributed by atoms with E-state index >= 15 is 0 Å². The van der Waals surface area contributed by atoms with Gasteiger partial charge in [0.25, 0.3) is 0 Å². The van der Waals surface area contributed by atoms with Crippen molar-refractivity contribution in [2.24, 2.45) is 11.8 Å². The first-order valence-corrected chi connectivity index (χ1v) is 6.97. The first-order valence-electron chi connectivity index (χ1n) is 6.97. The number of rotatable bonds is 5. The Labute approximate surface area is 104 Å². The fraction of sp³-hybridized carbons (Fsp3) is 1.00. The minimum Gasteiger partial charge on any atom is -0.380 e. The molecule has 2 fully saturated rings. The maximum absolute atomic E-state index is 6.05. The second-order valence-electron chi connectivity index (χ2n) is 5.42. The number of nitrogens with one attached hydrogen (secondary N) is 1. The second-order valence-corrected chi connectivity index (χ2v) is 5.42. The summed E-state index contributed by atoms with van der Waals surface area (Å²) in [4.78, 5) is 0. The van der Waals surface area contributed by atoms with Crippen LogP contribution in [0, 0.1) is 5.92 Å². The van der Waals surface area contributed by atoms with Crippen molar-refractivity contribution in [3.63, 3.8) is 0 Å². The molecule has 100 valence electrons. The molecule has 1 heterocycles. The molecule has 1 spiro atoms. The number of hydrazine groups is 1. The van der Waals surface area contributed by atoms with Crippen LogP contribution < -0.4 is 11.3 Å². The number of nitrogens with two attached hydrogens (primary N) is 1. The molecule has 1 saturated carbocycles. The van der Waals surface area contributed by atoms with E-state index in [1.54, 1.807) is 0 Å². The van der Waals surface area contributed by atoms with E-state index < -0.39 is 0 Å². The van der Waals surface area contributed by atoms with Gasteiger partial charge in [-0.25, -0.2) is 0 Å². The second kappa shape index (κ2) is 6.14. The Morgan fingerprint density at radius 3 is 2.88 bits per heavy atom. The highest BCUT2D eigenvalue weighted by molar-refractivity contribution is 4.93. The van der Waals surface area contributed by atoms with Crippen molar-refractivity contribution < 1.29 is 9.47 Å². The summed E-state index contributed by atoms with van der Waals surface area (Å²) in [6.45, 7) is 4.38. The highest BCUT2D eigenvalue weighted by atomic mass is 16.5. The third kappa shape index (κ3) is 3.19. The molecule has 2 unspecified atom stereocenters. The van der Waals surface area contributed by atoms with E-state index in [0.717, 1.165) is 26.1 Å². The number of hydrogen-bond donors (Lipinski definition) is 2. The topological polar surface area (TPSA) is 56.5 Å². The van der Waals surface area contributed by atoms with Crippen molar-refractivity contribution >= 4 is 0 Å². The van der Waals surface area contributed by atoms with Gasteiger partial charge in [-0.1, -0.05) is 12.8 Å². The molecule has 1 saturated heterocycles. The Kier molecular flexibility index (Phi) is 4.79. The van der Waals surface area contributed by atoms with Gasteiger partial charge in [-0.05, 0) is 38.5 Å². The molecule has 4 nitrogen and oxygen atoms in total. The van der Waals surface area contributed by atoms with Gasteiger partial charge in [0.15, 0.2) is 0 Å². The van der Waals surface area contributed by atoms with Crippen molar-refractivity contribution in [3.8, 4) is 0 Å². The molecule has 4 heteroatoms. The van der Waals surface area contributed by atoms with Gasteiger partial charge in [0, 0.05) is 19.3 Å². The smallest absolute Gasteiger partial charge is 0.0685 e. The molecular weight excluding hydrogens is 216 g/mol.